The van der Waals surface area contributed by atoms with E-state index in [1.807, 2.05) is 12.1 Å². The number of carboxylic acid groups (broad SMARTS) is 1. The van der Waals surface area contributed by atoms with Gasteiger partial charge in [0, 0.05) is 17.1 Å². The first-order valence-electron chi connectivity index (χ1n) is 4.24. The van der Waals surface area contributed by atoms with E-state index in [1.54, 1.807) is 18.3 Å². The number of aliphatic carboxylic acids is 1. The maximum absolute atomic E-state index is 10.7. The lowest BCUT2D eigenvalue weighted by Crippen LogP contribution is -2.20. The van der Waals surface area contributed by atoms with Crippen LogP contribution in [0.5, 0.6) is 0 Å². The number of aromatic nitrogens is 1. The van der Waals surface area contributed by atoms with Crippen molar-refractivity contribution in [1.82, 2.24) is 4.98 Å². The molecule has 1 heterocycles. The zero-order valence-electron chi connectivity index (χ0n) is 7.40. The van der Waals surface area contributed by atoms with E-state index in [0.29, 0.717) is 5.56 Å². The molecule has 0 amide bonds. The summed E-state index contributed by atoms with van der Waals surface area (Å²) in [5.41, 5.74) is 7.09. The van der Waals surface area contributed by atoms with Gasteiger partial charge >= 0.3 is 5.97 Å². The van der Waals surface area contributed by atoms with E-state index in [9.17, 15) is 4.79 Å². The lowest BCUT2D eigenvalue weighted by molar-refractivity contribution is -0.138. The van der Waals surface area contributed by atoms with Crippen LogP contribution in [-0.4, -0.2) is 16.1 Å². The number of hydrogen-bond donors (Lipinski definition) is 3. The molecule has 1 aromatic carbocycles. The molecule has 4 nitrogen and oxygen atoms in total. The van der Waals surface area contributed by atoms with Crippen molar-refractivity contribution >= 4 is 16.9 Å². The lowest BCUT2D eigenvalue weighted by atomic mass is 10.0. The summed E-state index contributed by atoms with van der Waals surface area (Å²) in [7, 11) is 0. The van der Waals surface area contributed by atoms with Gasteiger partial charge in [0.2, 0.25) is 0 Å². The van der Waals surface area contributed by atoms with Crippen molar-refractivity contribution in [2.45, 2.75) is 6.04 Å². The molecule has 2 rings (SSSR count). The van der Waals surface area contributed by atoms with E-state index in [0.717, 1.165) is 10.9 Å². The molecular weight excluding hydrogens is 180 g/mol. The Kier molecular flexibility index (Phi) is 1.98. The van der Waals surface area contributed by atoms with Crippen molar-refractivity contribution in [2.24, 2.45) is 5.73 Å². The van der Waals surface area contributed by atoms with Gasteiger partial charge in [0.05, 0.1) is 0 Å². The minimum Gasteiger partial charge on any atom is -0.480 e. The van der Waals surface area contributed by atoms with Gasteiger partial charge < -0.3 is 15.8 Å². The quantitative estimate of drug-likeness (QED) is 0.666. The Morgan fingerprint density at radius 2 is 2.21 bits per heavy atom. The number of nitrogens with two attached hydrogens (primary N) is 1. The Morgan fingerprint density at radius 3 is 2.93 bits per heavy atom. The van der Waals surface area contributed by atoms with E-state index in [4.69, 9.17) is 10.8 Å². The first-order valence-corrected chi connectivity index (χ1v) is 4.24. The summed E-state index contributed by atoms with van der Waals surface area (Å²) in [6, 6.07) is 6.27. The average Bonchev–Trinajstić information content (AvgIpc) is 2.63. The van der Waals surface area contributed by atoms with Gasteiger partial charge in [0.25, 0.3) is 0 Å². The fourth-order valence-corrected chi connectivity index (χ4v) is 1.51. The molecule has 0 spiro atoms. The SMILES string of the molecule is N[C@H](C(=O)O)c1cccc2[nH]ccc12. The number of nitrogens with one attached hydrogen (secondary N) is 1. The Balaban J connectivity index is 2.61. The summed E-state index contributed by atoms with van der Waals surface area (Å²) in [5.74, 6) is -1.02. The Bertz CT molecular complexity index is 476. The molecule has 0 aliphatic heterocycles. The second-order valence-electron chi connectivity index (χ2n) is 3.10. The molecule has 0 radical (unpaired) electrons. The van der Waals surface area contributed by atoms with Crippen LogP contribution >= 0.6 is 0 Å². The monoisotopic (exact) mass is 190 g/mol. The number of H-pyrrole nitrogens is 1. The molecule has 0 bridgehead atoms. The summed E-state index contributed by atoms with van der Waals surface area (Å²) in [4.78, 5) is 13.7. The lowest BCUT2D eigenvalue weighted by Gasteiger charge is -2.07. The Labute approximate surface area is 80.3 Å². The summed E-state index contributed by atoms with van der Waals surface area (Å²) in [6.45, 7) is 0. The number of aromatic amines is 1. The largest absolute Gasteiger partial charge is 0.480 e. The molecule has 0 saturated heterocycles. The van der Waals surface area contributed by atoms with Gasteiger partial charge in [0.1, 0.15) is 6.04 Å². The summed E-state index contributed by atoms with van der Waals surface area (Å²) < 4.78 is 0. The normalized spacial score (nSPS) is 12.9. The standard InChI is InChI=1S/C10H10N2O2/c11-9(10(13)14)7-2-1-3-8-6(7)4-5-12-8/h1-5,9,12H,11H2,(H,13,14)/t9-/m0/s1. The molecule has 0 aliphatic carbocycles. The van der Waals surface area contributed by atoms with E-state index in [2.05, 4.69) is 4.98 Å². The minimum absolute atomic E-state index is 0.635. The van der Waals surface area contributed by atoms with Gasteiger partial charge in [-0.25, -0.2) is 0 Å². The van der Waals surface area contributed by atoms with Gasteiger partial charge in [-0.05, 0) is 17.7 Å². The van der Waals surface area contributed by atoms with Crippen molar-refractivity contribution < 1.29 is 9.90 Å². The highest BCUT2D eigenvalue weighted by molar-refractivity contribution is 5.88. The number of hydrogen-bond acceptors (Lipinski definition) is 2. The molecule has 0 unspecified atom stereocenters. The summed E-state index contributed by atoms with van der Waals surface area (Å²) in [6.07, 6.45) is 1.77. The van der Waals surface area contributed by atoms with Crippen LogP contribution in [0.15, 0.2) is 30.5 Å². The number of carbonyl (C=O) groups is 1. The third-order valence-electron chi connectivity index (χ3n) is 2.23. The van der Waals surface area contributed by atoms with Crippen molar-refractivity contribution in [3.05, 3.63) is 36.0 Å². The Hall–Kier alpha value is -1.81. The fourth-order valence-electron chi connectivity index (χ4n) is 1.51. The zero-order valence-corrected chi connectivity index (χ0v) is 7.40. The van der Waals surface area contributed by atoms with Crippen molar-refractivity contribution in [2.75, 3.05) is 0 Å². The van der Waals surface area contributed by atoms with Crippen LogP contribution in [0.1, 0.15) is 11.6 Å². The first-order chi connectivity index (χ1) is 6.70. The van der Waals surface area contributed by atoms with E-state index in [-0.39, 0.29) is 0 Å². The molecule has 72 valence electrons. The van der Waals surface area contributed by atoms with Crippen molar-refractivity contribution in [3.8, 4) is 0 Å². The Morgan fingerprint density at radius 1 is 1.43 bits per heavy atom. The van der Waals surface area contributed by atoms with Crippen LogP contribution in [0.25, 0.3) is 10.9 Å². The zero-order chi connectivity index (χ0) is 10.1. The highest BCUT2D eigenvalue weighted by Crippen LogP contribution is 2.22. The second-order valence-corrected chi connectivity index (χ2v) is 3.10. The number of benzene rings is 1. The van der Waals surface area contributed by atoms with E-state index in [1.165, 1.54) is 0 Å². The number of fused-ring (bicyclic) bond motifs is 1. The van der Waals surface area contributed by atoms with Crippen molar-refractivity contribution in [3.63, 3.8) is 0 Å². The van der Waals surface area contributed by atoms with Crippen LogP contribution < -0.4 is 5.73 Å². The first kappa shape index (κ1) is 8.77. The second kappa shape index (κ2) is 3.16. The molecular formula is C10H10N2O2. The van der Waals surface area contributed by atoms with E-state index >= 15 is 0 Å². The van der Waals surface area contributed by atoms with Crippen LogP contribution in [0, 0.1) is 0 Å². The fraction of sp³-hybridized carbons (Fsp3) is 0.100. The van der Waals surface area contributed by atoms with Crippen LogP contribution in [0.2, 0.25) is 0 Å². The molecule has 1 atom stereocenters. The van der Waals surface area contributed by atoms with Crippen LogP contribution in [0.4, 0.5) is 0 Å². The predicted molar refractivity (Wildman–Crippen MR) is 52.9 cm³/mol. The summed E-state index contributed by atoms with van der Waals surface area (Å²) >= 11 is 0. The minimum atomic E-state index is -1.02. The number of carboxylic acids is 1. The third-order valence-corrected chi connectivity index (χ3v) is 2.23. The van der Waals surface area contributed by atoms with Crippen LogP contribution in [-0.2, 0) is 4.79 Å². The molecule has 0 fully saturated rings. The average molecular weight is 190 g/mol. The topological polar surface area (TPSA) is 79.1 Å². The van der Waals surface area contributed by atoms with Gasteiger partial charge in [0.15, 0.2) is 0 Å². The van der Waals surface area contributed by atoms with Gasteiger partial charge in [-0.1, -0.05) is 12.1 Å². The molecule has 2 aromatic rings. The number of rotatable bonds is 2. The maximum Gasteiger partial charge on any atom is 0.325 e. The third kappa shape index (κ3) is 1.25. The summed E-state index contributed by atoms with van der Waals surface area (Å²) in [5, 5.41) is 9.66. The maximum atomic E-state index is 10.7. The van der Waals surface area contributed by atoms with Crippen molar-refractivity contribution in [1.29, 1.82) is 0 Å². The molecule has 4 N–H and O–H groups in total. The highest BCUT2D eigenvalue weighted by Gasteiger charge is 2.16. The van der Waals surface area contributed by atoms with Gasteiger partial charge in [-0.15, -0.1) is 0 Å². The smallest absolute Gasteiger partial charge is 0.325 e. The molecule has 1 aromatic heterocycles. The highest BCUT2D eigenvalue weighted by atomic mass is 16.4. The van der Waals surface area contributed by atoms with Gasteiger partial charge in [-0.3, -0.25) is 4.79 Å². The van der Waals surface area contributed by atoms with E-state index < -0.39 is 12.0 Å². The predicted octanol–water partition coefficient (Wildman–Crippen LogP) is 1.25. The van der Waals surface area contributed by atoms with Gasteiger partial charge in [-0.2, -0.15) is 0 Å². The molecule has 0 aliphatic rings. The molecule has 0 saturated carbocycles. The van der Waals surface area contributed by atoms with Crippen LogP contribution in [0.3, 0.4) is 0 Å². The molecule has 4 heteroatoms. The molecule has 14 heavy (non-hydrogen) atoms.